The van der Waals surface area contributed by atoms with E-state index in [0.29, 0.717) is 23.2 Å². The van der Waals surface area contributed by atoms with Crippen molar-refractivity contribution in [2.24, 2.45) is 10.2 Å². The normalized spacial score (nSPS) is 11.3. The first-order chi connectivity index (χ1) is 10.6. The highest BCUT2D eigenvalue weighted by Crippen LogP contribution is 2.35. The molecule has 2 aromatic heterocycles. The number of fused-ring (bicyclic) bond motifs is 1. The Balaban J connectivity index is 1.74. The first kappa shape index (κ1) is 14.2. The highest BCUT2D eigenvalue weighted by molar-refractivity contribution is 7.80. The maximum atomic E-state index is 13.1. The monoisotopic (exact) mass is 318 g/mol. The molecule has 0 amide bonds. The molecule has 0 fully saturated rings. The number of aromatic amines is 1. The molecule has 6 nitrogen and oxygen atoms in total. The Morgan fingerprint density at radius 3 is 3.05 bits per heavy atom. The van der Waals surface area contributed by atoms with E-state index in [0.717, 1.165) is 0 Å². The molecule has 3 N–H and O–H groups in total. The summed E-state index contributed by atoms with van der Waals surface area (Å²) in [4.78, 5) is 2.63. The van der Waals surface area contributed by atoms with Gasteiger partial charge in [-0.15, -0.1) is 10.2 Å². The summed E-state index contributed by atoms with van der Waals surface area (Å²) in [5, 5.41) is 21.1. The number of thiocarbonyl (C=S) groups is 1. The second kappa shape index (κ2) is 5.94. The van der Waals surface area contributed by atoms with Gasteiger partial charge in [0.05, 0.1) is 18.3 Å². The SMILES string of the molecule is Oc1[nH]c2cc(F)ccc2c1N=NC(=S)NCc1ccco1. The van der Waals surface area contributed by atoms with E-state index < -0.39 is 5.82 Å². The lowest BCUT2D eigenvalue weighted by Crippen LogP contribution is -2.17. The lowest BCUT2D eigenvalue weighted by molar-refractivity contribution is 0.459. The Morgan fingerprint density at radius 1 is 1.41 bits per heavy atom. The van der Waals surface area contributed by atoms with Crippen molar-refractivity contribution in [3.8, 4) is 5.88 Å². The summed E-state index contributed by atoms with van der Waals surface area (Å²) in [5.41, 5.74) is 0.637. The van der Waals surface area contributed by atoms with Crippen molar-refractivity contribution in [2.45, 2.75) is 6.54 Å². The molecule has 0 saturated heterocycles. The third-order valence-corrected chi connectivity index (χ3v) is 3.17. The van der Waals surface area contributed by atoms with Crippen LogP contribution >= 0.6 is 12.2 Å². The minimum Gasteiger partial charge on any atom is -0.493 e. The van der Waals surface area contributed by atoms with Crippen molar-refractivity contribution < 1.29 is 13.9 Å². The number of nitrogens with zero attached hydrogens (tertiary/aromatic N) is 2. The number of furan rings is 1. The van der Waals surface area contributed by atoms with Gasteiger partial charge in [-0.3, -0.25) is 0 Å². The molecular weight excluding hydrogens is 307 g/mol. The number of aromatic nitrogens is 1. The van der Waals surface area contributed by atoms with Crippen LogP contribution in [0.5, 0.6) is 5.88 Å². The van der Waals surface area contributed by atoms with Crippen LogP contribution in [0.2, 0.25) is 0 Å². The molecule has 0 unspecified atom stereocenters. The van der Waals surface area contributed by atoms with E-state index in [1.54, 1.807) is 18.4 Å². The lowest BCUT2D eigenvalue weighted by Gasteiger charge is -1.99. The van der Waals surface area contributed by atoms with E-state index in [1.807, 2.05) is 0 Å². The largest absolute Gasteiger partial charge is 0.493 e. The van der Waals surface area contributed by atoms with Crippen LogP contribution in [0.1, 0.15) is 5.76 Å². The predicted molar refractivity (Wildman–Crippen MR) is 82.6 cm³/mol. The molecule has 8 heteroatoms. The fraction of sp³-hybridized carbons (Fsp3) is 0.0714. The molecule has 112 valence electrons. The maximum Gasteiger partial charge on any atom is 0.218 e. The number of aromatic hydroxyl groups is 1. The van der Waals surface area contributed by atoms with Gasteiger partial charge in [-0.05, 0) is 42.5 Å². The number of nitrogens with one attached hydrogen (secondary N) is 2. The van der Waals surface area contributed by atoms with Crippen LogP contribution < -0.4 is 5.32 Å². The van der Waals surface area contributed by atoms with Crippen molar-refractivity contribution in [1.82, 2.24) is 10.3 Å². The molecule has 0 atom stereocenters. The number of H-pyrrole nitrogens is 1. The molecule has 0 aliphatic heterocycles. The van der Waals surface area contributed by atoms with E-state index in [4.69, 9.17) is 16.6 Å². The number of hydrogen-bond acceptors (Lipinski definition) is 4. The van der Waals surface area contributed by atoms with E-state index in [-0.39, 0.29) is 16.7 Å². The van der Waals surface area contributed by atoms with Crippen molar-refractivity contribution in [3.05, 3.63) is 48.2 Å². The summed E-state index contributed by atoms with van der Waals surface area (Å²) >= 11 is 5.02. The molecule has 3 aromatic rings. The minimum atomic E-state index is -0.409. The molecular formula is C14H11FN4O2S. The average Bonchev–Trinajstić information content (AvgIpc) is 3.10. The van der Waals surface area contributed by atoms with Crippen LogP contribution in [0.3, 0.4) is 0 Å². The molecule has 0 aliphatic carbocycles. The molecule has 2 heterocycles. The van der Waals surface area contributed by atoms with Gasteiger partial charge < -0.3 is 19.8 Å². The highest BCUT2D eigenvalue weighted by Gasteiger charge is 2.11. The van der Waals surface area contributed by atoms with E-state index in [2.05, 4.69) is 20.5 Å². The molecule has 0 bridgehead atoms. The molecule has 0 spiro atoms. The smallest absolute Gasteiger partial charge is 0.218 e. The van der Waals surface area contributed by atoms with Crippen LogP contribution in [0.4, 0.5) is 10.1 Å². The average molecular weight is 318 g/mol. The van der Waals surface area contributed by atoms with Gasteiger partial charge in [0.1, 0.15) is 11.6 Å². The zero-order chi connectivity index (χ0) is 15.5. The van der Waals surface area contributed by atoms with Crippen LogP contribution in [0.25, 0.3) is 10.9 Å². The summed E-state index contributed by atoms with van der Waals surface area (Å²) < 4.78 is 18.3. The van der Waals surface area contributed by atoms with Gasteiger partial charge in [-0.2, -0.15) is 0 Å². The third kappa shape index (κ3) is 2.96. The van der Waals surface area contributed by atoms with Gasteiger partial charge in [0.2, 0.25) is 11.0 Å². The Kier molecular flexibility index (Phi) is 3.84. The van der Waals surface area contributed by atoms with Crippen molar-refractivity contribution in [2.75, 3.05) is 0 Å². The van der Waals surface area contributed by atoms with E-state index in [9.17, 15) is 9.50 Å². The number of benzene rings is 1. The van der Waals surface area contributed by atoms with Gasteiger partial charge in [0, 0.05) is 5.39 Å². The maximum absolute atomic E-state index is 13.1. The number of halogens is 1. The number of rotatable bonds is 3. The highest BCUT2D eigenvalue weighted by atomic mass is 32.1. The summed E-state index contributed by atoms with van der Waals surface area (Å²) in [6.45, 7) is 0.385. The summed E-state index contributed by atoms with van der Waals surface area (Å²) in [7, 11) is 0. The van der Waals surface area contributed by atoms with Crippen LogP contribution in [-0.2, 0) is 6.54 Å². The standard InChI is InChI=1S/C14H11FN4O2S/c15-8-3-4-10-11(6-8)17-13(20)12(10)18-19-14(22)16-7-9-2-1-5-21-9/h1-6,17,20H,7H2,(H,16,22). The second-order valence-electron chi connectivity index (χ2n) is 4.45. The molecule has 0 radical (unpaired) electrons. The second-order valence-corrected chi connectivity index (χ2v) is 4.84. The van der Waals surface area contributed by atoms with Crippen LogP contribution in [0.15, 0.2) is 51.2 Å². The predicted octanol–water partition coefficient (Wildman–Crippen LogP) is 3.76. The molecule has 0 aliphatic rings. The summed E-state index contributed by atoms with van der Waals surface area (Å²) in [6.07, 6.45) is 1.56. The third-order valence-electron chi connectivity index (χ3n) is 2.95. The fourth-order valence-corrected chi connectivity index (χ4v) is 2.06. The molecule has 3 rings (SSSR count). The molecule has 0 saturated carbocycles. The lowest BCUT2D eigenvalue weighted by atomic mass is 10.2. The zero-order valence-corrected chi connectivity index (χ0v) is 12.0. The van der Waals surface area contributed by atoms with E-state index >= 15 is 0 Å². The zero-order valence-electron chi connectivity index (χ0n) is 11.2. The van der Waals surface area contributed by atoms with Crippen molar-refractivity contribution in [3.63, 3.8) is 0 Å². The van der Waals surface area contributed by atoms with Crippen LogP contribution in [0, 0.1) is 5.82 Å². The topological polar surface area (TPSA) is 85.9 Å². The number of azo groups is 1. The van der Waals surface area contributed by atoms with Gasteiger partial charge in [0.15, 0.2) is 5.69 Å². The van der Waals surface area contributed by atoms with Gasteiger partial charge in [0.25, 0.3) is 0 Å². The van der Waals surface area contributed by atoms with Gasteiger partial charge in [-0.1, -0.05) is 0 Å². The minimum absolute atomic E-state index is 0.146. The van der Waals surface area contributed by atoms with Gasteiger partial charge >= 0.3 is 0 Å². The Labute approximate surface area is 129 Å². The number of hydrogen-bond donors (Lipinski definition) is 3. The van der Waals surface area contributed by atoms with Gasteiger partial charge in [-0.25, -0.2) is 4.39 Å². The fourth-order valence-electron chi connectivity index (χ4n) is 1.95. The first-order valence-electron chi connectivity index (χ1n) is 6.35. The summed E-state index contributed by atoms with van der Waals surface area (Å²) in [5.74, 6) is 0.106. The van der Waals surface area contributed by atoms with Crippen molar-refractivity contribution in [1.29, 1.82) is 0 Å². The Bertz CT molecular complexity index is 842. The summed E-state index contributed by atoms with van der Waals surface area (Å²) in [6, 6.07) is 7.62. The Morgan fingerprint density at radius 2 is 2.27 bits per heavy atom. The molecule has 1 aromatic carbocycles. The van der Waals surface area contributed by atoms with E-state index in [1.165, 1.54) is 18.2 Å². The van der Waals surface area contributed by atoms with Crippen LogP contribution in [-0.4, -0.2) is 15.2 Å². The first-order valence-corrected chi connectivity index (χ1v) is 6.76. The Hall–Kier alpha value is -2.74. The van der Waals surface area contributed by atoms with Crippen molar-refractivity contribution >= 4 is 33.9 Å². The molecule has 22 heavy (non-hydrogen) atoms. The quantitative estimate of drug-likeness (QED) is 0.507.